The maximum atomic E-state index is 12.0. The van der Waals surface area contributed by atoms with Gasteiger partial charge in [-0.05, 0) is 11.4 Å². The van der Waals surface area contributed by atoms with E-state index in [1.54, 1.807) is 18.4 Å². The molecule has 0 aromatic carbocycles. The number of carbonyl (C=O) groups is 1. The summed E-state index contributed by atoms with van der Waals surface area (Å²) in [7, 11) is 1.67. The summed E-state index contributed by atoms with van der Waals surface area (Å²) in [6.45, 7) is 4.18. The maximum absolute atomic E-state index is 12.0. The Morgan fingerprint density at radius 1 is 1.50 bits per heavy atom. The topological polar surface area (TPSA) is 42.0 Å². The van der Waals surface area contributed by atoms with Gasteiger partial charge >= 0.3 is 0 Å². The standard InChI is InChI=1S/C14H20N2O3S/c1-18-5-4-16-12-8-15(7-11-3-2-6-20-11)9-13(12)19-10-14(16)17/h2-3,6,12-13H,4-5,7-10H2,1H3/t12-,13-/m0/s1. The molecule has 0 spiro atoms. The number of hydrogen-bond donors (Lipinski definition) is 0. The first-order chi connectivity index (χ1) is 9.78. The van der Waals surface area contributed by atoms with Gasteiger partial charge in [0.1, 0.15) is 6.61 Å². The minimum absolute atomic E-state index is 0.0845. The SMILES string of the molecule is COCCN1C(=O)CO[C@H]2CN(Cc3cccs3)C[C@@H]21. The fourth-order valence-corrected chi connectivity index (χ4v) is 3.72. The van der Waals surface area contributed by atoms with E-state index in [0.717, 1.165) is 19.6 Å². The second kappa shape index (κ2) is 6.22. The van der Waals surface area contributed by atoms with Crippen molar-refractivity contribution in [3.05, 3.63) is 22.4 Å². The van der Waals surface area contributed by atoms with Gasteiger partial charge in [-0.15, -0.1) is 11.3 Å². The van der Waals surface area contributed by atoms with Crippen LogP contribution in [0.25, 0.3) is 0 Å². The van der Waals surface area contributed by atoms with Gasteiger partial charge in [-0.25, -0.2) is 0 Å². The predicted molar refractivity (Wildman–Crippen MR) is 76.7 cm³/mol. The molecule has 1 aromatic heterocycles. The Bertz CT molecular complexity index is 451. The van der Waals surface area contributed by atoms with Gasteiger partial charge in [0.15, 0.2) is 0 Å². The summed E-state index contributed by atoms with van der Waals surface area (Å²) in [4.78, 5) is 17.7. The van der Waals surface area contributed by atoms with E-state index in [-0.39, 0.29) is 24.7 Å². The van der Waals surface area contributed by atoms with E-state index in [1.165, 1.54) is 4.88 Å². The van der Waals surface area contributed by atoms with Crippen LogP contribution < -0.4 is 0 Å². The summed E-state index contributed by atoms with van der Waals surface area (Å²) < 4.78 is 10.8. The quantitative estimate of drug-likeness (QED) is 0.806. The minimum atomic E-state index is 0.0845. The summed E-state index contributed by atoms with van der Waals surface area (Å²) in [5.41, 5.74) is 0. The van der Waals surface area contributed by atoms with Gasteiger partial charge in [-0.2, -0.15) is 0 Å². The lowest BCUT2D eigenvalue weighted by atomic mass is 10.1. The molecular formula is C14H20N2O3S. The number of carbonyl (C=O) groups excluding carboxylic acids is 1. The van der Waals surface area contributed by atoms with Gasteiger partial charge in [0.2, 0.25) is 5.91 Å². The Kier molecular flexibility index (Phi) is 4.35. The molecule has 2 atom stereocenters. The molecule has 2 aliphatic rings. The number of thiophene rings is 1. The highest BCUT2D eigenvalue weighted by atomic mass is 32.1. The second-order valence-electron chi connectivity index (χ2n) is 5.27. The number of methoxy groups -OCH3 is 1. The van der Waals surface area contributed by atoms with Crippen LogP contribution >= 0.6 is 11.3 Å². The van der Waals surface area contributed by atoms with E-state index in [2.05, 4.69) is 22.4 Å². The van der Waals surface area contributed by atoms with E-state index in [0.29, 0.717) is 13.2 Å². The molecular weight excluding hydrogens is 276 g/mol. The van der Waals surface area contributed by atoms with Crippen molar-refractivity contribution in [1.82, 2.24) is 9.80 Å². The zero-order valence-corrected chi connectivity index (χ0v) is 12.5. The van der Waals surface area contributed by atoms with Crippen molar-refractivity contribution in [3.63, 3.8) is 0 Å². The Labute approximate surface area is 123 Å². The summed E-state index contributed by atoms with van der Waals surface area (Å²) >= 11 is 1.78. The van der Waals surface area contributed by atoms with Gasteiger partial charge < -0.3 is 14.4 Å². The number of amides is 1. The fourth-order valence-electron chi connectivity index (χ4n) is 2.97. The van der Waals surface area contributed by atoms with Crippen LogP contribution in [0.5, 0.6) is 0 Å². The first-order valence-electron chi connectivity index (χ1n) is 6.92. The molecule has 2 fully saturated rings. The Balaban J connectivity index is 1.64. The third-order valence-electron chi connectivity index (χ3n) is 3.95. The molecule has 0 unspecified atom stereocenters. The van der Waals surface area contributed by atoms with Gasteiger partial charge in [0.05, 0.1) is 18.8 Å². The molecule has 2 saturated heterocycles. The van der Waals surface area contributed by atoms with Crippen LogP contribution in [0.2, 0.25) is 0 Å². The number of likely N-dealkylation sites (tertiary alicyclic amines) is 1. The summed E-state index contributed by atoms with van der Waals surface area (Å²) in [6, 6.07) is 4.40. The molecule has 20 heavy (non-hydrogen) atoms. The summed E-state index contributed by atoms with van der Waals surface area (Å²) in [5, 5.41) is 2.10. The van der Waals surface area contributed by atoms with Crippen LogP contribution in [-0.2, 0) is 20.8 Å². The van der Waals surface area contributed by atoms with Crippen LogP contribution in [0.3, 0.4) is 0 Å². The van der Waals surface area contributed by atoms with Crippen molar-refractivity contribution in [1.29, 1.82) is 0 Å². The predicted octanol–water partition coefficient (Wildman–Crippen LogP) is 0.806. The van der Waals surface area contributed by atoms with Gasteiger partial charge in [-0.1, -0.05) is 6.07 Å². The normalized spacial score (nSPS) is 27.1. The largest absolute Gasteiger partial charge is 0.383 e. The van der Waals surface area contributed by atoms with E-state index < -0.39 is 0 Å². The molecule has 0 aliphatic carbocycles. The van der Waals surface area contributed by atoms with Gasteiger partial charge in [0, 0.05) is 38.2 Å². The summed E-state index contributed by atoms with van der Waals surface area (Å²) in [6.07, 6.45) is 0.143. The lowest BCUT2D eigenvalue weighted by molar-refractivity contribution is -0.153. The number of nitrogens with zero attached hydrogens (tertiary/aromatic N) is 2. The van der Waals surface area contributed by atoms with E-state index in [1.807, 2.05) is 4.90 Å². The van der Waals surface area contributed by atoms with Crippen molar-refractivity contribution in [2.75, 3.05) is 40.0 Å². The van der Waals surface area contributed by atoms with Crippen molar-refractivity contribution < 1.29 is 14.3 Å². The molecule has 2 aliphatic heterocycles. The first kappa shape index (κ1) is 14.0. The molecule has 0 radical (unpaired) electrons. The van der Waals surface area contributed by atoms with E-state index >= 15 is 0 Å². The Morgan fingerprint density at radius 3 is 3.15 bits per heavy atom. The van der Waals surface area contributed by atoms with Crippen LogP contribution in [0.4, 0.5) is 0 Å². The van der Waals surface area contributed by atoms with Crippen LogP contribution in [0.15, 0.2) is 17.5 Å². The van der Waals surface area contributed by atoms with Crippen LogP contribution in [-0.4, -0.2) is 67.8 Å². The molecule has 1 aromatic rings. The van der Waals surface area contributed by atoms with E-state index in [4.69, 9.17) is 9.47 Å². The third kappa shape index (κ3) is 2.88. The van der Waals surface area contributed by atoms with Crippen LogP contribution in [0.1, 0.15) is 4.88 Å². The van der Waals surface area contributed by atoms with Crippen molar-refractivity contribution in [2.24, 2.45) is 0 Å². The molecule has 0 bridgehead atoms. The highest BCUT2D eigenvalue weighted by molar-refractivity contribution is 7.09. The number of fused-ring (bicyclic) bond motifs is 1. The van der Waals surface area contributed by atoms with Gasteiger partial charge in [-0.3, -0.25) is 9.69 Å². The minimum Gasteiger partial charge on any atom is -0.383 e. The number of morpholine rings is 1. The first-order valence-corrected chi connectivity index (χ1v) is 7.80. The fraction of sp³-hybridized carbons (Fsp3) is 0.643. The Hall–Kier alpha value is -0.950. The molecule has 3 heterocycles. The Morgan fingerprint density at radius 2 is 2.40 bits per heavy atom. The van der Waals surface area contributed by atoms with Gasteiger partial charge in [0.25, 0.3) is 0 Å². The molecule has 3 rings (SSSR count). The molecule has 6 heteroatoms. The van der Waals surface area contributed by atoms with E-state index in [9.17, 15) is 4.79 Å². The lowest BCUT2D eigenvalue weighted by Gasteiger charge is -2.36. The third-order valence-corrected chi connectivity index (χ3v) is 4.81. The molecule has 0 N–H and O–H groups in total. The molecule has 110 valence electrons. The molecule has 5 nitrogen and oxygen atoms in total. The highest BCUT2D eigenvalue weighted by Crippen LogP contribution is 2.25. The number of hydrogen-bond acceptors (Lipinski definition) is 5. The number of ether oxygens (including phenoxy) is 2. The maximum Gasteiger partial charge on any atom is 0.249 e. The van der Waals surface area contributed by atoms with Crippen molar-refractivity contribution in [3.8, 4) is 0 Å². The second-order valence-corrected chi connectivity index (χ2v) is 6.30. The zero-order chi connectivity index (χ0) is 13.9. The van der Waals surface area contributed by atoms with Crippen molar-refractivity contribution in [2.45, 2.75) is 18.7 Å². The highest BCUT2D eigenvalue weighted by Gasteiger charge is 2.42. The summed E-state index contributed by atoms with van der Waals surface area (Å²) in [5.74, 6) is 0.0845. The lowest BCUT2D eigenvalue weighted by Crippen LogP contribution is -2.54. The monoisotopic (exact) mass is 296 g/mol. The zero-order valence-electron chi connectivity index (χ0n) is 11.7. The van der Waals surface area contributed by atoms with Crippen LogP contribution in [0, 0.1) is 0 Å². The average molecular weight is 296 g/mol. The average Bonchev–Trinajstić information content (AvgIpc) is 3.07. The molecule has 1 amide bonds. The smallest absolute Gasteiger partial charge is 0.249 e. The number of rotatable bonds is 5. The molecule has 0 saturated carbocycles. The van der Waals surface area contributed by atoms with Crippen molar-refractivity contribution >= 4 is 17.2 Å².